The molecule has 0 unspecified atom stereocenters. The third kappa shape index (κ3) is 1.93. The zero-order chi connectivity index (χ0) is 10.1. The van der Waals surface area contributed by atoms with Crippen LogP contribution in [0.1, 0.15) is 5.69 Å². The molecule has 72 valence electrons. The zero-order valence-electron chi connectivity index (χ0n) is 7.37. The van der Waals surface area contributed by atoms with Crippen LogP contribution < -0.4 is 5.69 Å². The van der Waals surface area contributed by atoms with Crippen molar-refractivity contribution in [2.45, 2.75) is 6.92 Å². The minimum atomic E-state index is -0.301. The van der Waals surface area contributed by atoms with E-state index in [1.165, 1.54) is 0 Å². The fourth-order valence-corrected chi connectivity index (χ4v) is 2.50. The Bertz CT molecular complexity index is 518. The predicted molar refractivity (Wildman–Crippen MR) is 60.6 cm³/mol. The maximum atomic E-state index is 11.1. The highest BCUT2D eigenvalue weighted by Crippen LogP contribution is 2.29. The van der Waals surface area contributed by atoms with Crippen molar-refractivity contribution >= 4 is 27.3 Å². The summed E-state index contributed by atoms with van der Waals surface area (Å²) in [5, 5.41) is 0. The molecule has 3 nitrogen and oxygen atoms in total. The molecule has 0 aromatic carbocycles. The summed E-state index contributed by atoms with van der Waals surface area (Å²) in [6, 6.07) is 5.74. The average molecular weight is 271 g/mol. The van der Waals surface area contributed by atoms with Gasteiger partial charge in [0, 0.05) is 5.69 Å². The molecule has 14 heavy (non-hydrogen) atoms. The van der Waals surface area contributed by atoms with E-state index in [0.29, 0.717) is 0 Å². The molecule has 0 saturated carbocycles. The number of thiophene rings is 1. The van der Waals surface area contributed by atoms with Crippen LogP contribution >= 0.6 is 27.3 Å². The number of aromatic amines is 1. The van der Waals surface area contributed by atoms with E-state index >= 15 is 0 Å². The van der Waals surface area contributed by atoms with Crippen LogP contribution in [-0.2, 0) is 0 Å². The quantitative estimate of drug-likeness (QED) is 0.866. The largest absolute Gasteiger partial charge is 0.345 e. The maximum absolute atomic E-state index is 11.1. The van der Waals surface area contributed by atoms with Gasteiger partial charge in [0.05, 0.1) is 14.4 Å². The molecule has 0 aliphatic rings. The van der Waals surface area contributed by atoms with Crippen LogP contribution in [0.2, 0.25) is 0 Å². The molecule has 0 radical (unpaired) electrons. The Morgan fingerprint density at radius 2 is 2.29 bits per heavy atom. The number of halogens is 1. The maximum Gasteiger partial charge on any atom is 0.345 e. The molecule has 1 N–H and O–H groups in total. The molecule has 0 aliphatic heterocycles. The van der Waals surface area contributed by atoms with Crippen molar-refractivity contribution in [1.82, 2.24) is 9.97 Å². The van der Waals surface area contributed by atoms with E-state index in [4.69, 9.17) is 0 Å². The van der Waals surface area contributed by atoms with E-state index in [9.17, 15) is 4.79 Å². The van der Waals surface area contributed by atoms with Crippen molar-refractivity contribution in [2.75, 3.05) is 0 Å². The predicted octanol–water partition coefficient (Wildman–Crippen LogP) is 2.57. The summed E-state index contributed by atoms with van der Waals surface area (Å²) in [5.41, 5.74) is 1.25. The molecule has 0 saturated heterocycles. The lowest BCUT2D eigenvalue weighted by atomic mass is 10.3. The van der Waals surface area contributed by atoms with E-state index in [1.54, 1.807) is 11.3 Å². The SMILES string of the molecule is Cc1cc(-c2ccc(Br)s2)nc(=O)[nH]1. The van der Waals surface area contributed by atoms with E-state index in [-0.39, 0.29) is 5.69 Å². The third-order valence-electron chi connectivity index (χ3n) is 1.70. The van der Waals surface area contributed by atoms with Gasteiger partial charge in [-0.25, -0.2) is 4.79 Å². The summed E-state index contributed by atoms with van der Waals surface area (Å²) in [6.45, 7) is 1.84. The van der Waals surface area contributed by atoms with Crippen LogP contribution in [0.15, 0.2) is 26.8 Å². The van der Waals surface area contributed by atoms with Gasteiger partial charge in [0.2, 0.25) is 0 Å². The fraction of sp³-hybridized carbons (Fsp3) is 0.111. The van der Waals surface area contributed by atoms with E-state index < -0.39 is 0 Å². The van der Waals surface area contributed by atoms with Gasteiger partial charge >= 0.3 is 5.69 Å². The zero-order valence-corrected chi connectivity index (χ0v) is 9.78. The van der Waals surface area contributed by atoms with Gasteiger partial charge in [0.1, 0.15) is 0 Å². The van der Waals surface area contributed by atoms with Gasteiger partial charge in [-0.2, -0.15) is 4.98 Å². The van der Waals surface area contributed by atoms with Crippen LogP contribution in [0.5, 0.6) is 0 Å². The van der Waals surface area contributed by atoms with Gasteiger partial charge in [0.15, 0.2) is 0 Å². The minimum absolute atomic E-state index is 0.301. The summed E-state index contributed by atoms with van der Waals surface area (Å²) >= 11 is 4.93. The topological polar surface area (TPSA) is 45.8 Å². The number of H-pyrrole nitrogens is 1. The van der Waals surface area contributed by atoms with Crippen molar-refractivity contribution in [2.24, 2.45) is 0 Å². The Labute approximate surface area is 93.0 Å². The Kier molecular flexibility index (Phi) is 2.52. The third-order valence-corrected chi connectivity index (χ3v) is 3.35. The van der Waals surface area contributed by atoms with Crippen LogP contribution in [0.3, 0.4) is 0 Å². The van der Waals surface area contributed by atoms with Crippen molar-refractivity contribution in [3.05, 3.63) is 38.2 Å². The number of hydrogen-bond acceptors (Lipinski definition) is 3. The monoisotopic (exact) mass is 270 g/mol. The first kappa shape index (κ1) is 9.61. The smallest absolute Gasteiger partial charge is 0.310 e. The summed E-state index contributed by atoms with van der Waals surface area (Å²) < 4.78 is 1.03. The number of hydrogen-bond donors (Lipinski definition) is 1. The minimum Gasteiger partial charge on any atom is -0.310 e. The Hall–Kier alpha value is -0.940. The summed E-state index contributed by atoms with van der Waals surface area (Å²) in [5.74, 6) is 0. The van der Waals surface area contributed by atoms with Crippen LogP contribution in [0.25, 0.3) is 10.6 Å². The lowest BCUT2D eigenvalue weighted by Gasteiger charge is -1.96. The van der Waals surface area contributed by atoms with Crippen LogP contribution in [0, 0.1) is 6.92 Å². The number of aromatic nitrogens is 2. The molecule has 5 heteroatoms. The molecular weight excluding hydrogens is 264 g/mol. The highest BCUT2D eigenvalue weighted by atomic mass is 79.9. The van der Waals surface area contributed by atoms with Crippen molar-refractivity contribution in [3.63, 3.8) is 0 Å². The molecule has 0 spiro atoms. The van der Waals surface area contributed by atoms with Crippen molar-refractivity contribution < 1.29 is 0 Å². The average Bonchev–Trinajstić information content (AvgIpc) is 2.50. The Morgan fingerprint density at radius 1 is 1.50 bits per heavy atom. The molecule has 0 aliphatic carbocycles. The molecule has 2 aromatic rings. The number of nitrogens with zero attached hydrogens (tertiary/aromatic N) is 1. The second-order valence-corrected chi connectivity index (χ2v) is 5.32. The van der Waals surface area contributed by atoms with Gasteiger partial charge in [-0.15, -0.1) is 11.3 Å². The van der Waals surface area contributed by atoms with Gasteiger partial charge in [-0.1, -0.05) is 0 Å². The molecule has 2 heterocycles. The normalized spacial score (nSPS) is 10.4. The molecule has 2 aromatic heterocycles. The van der Waals surface area contributed by atoms with Gasteiger partial charge in [-0.05, 0) is 41.1 Å². The second kappa shape index (κ2) is 3.67. The van der Waals surface area contributed by atoms with Gasteiger partial charge in [0.25, 0.3) is 0 Å². The first-order valence-corrected chi connectivity index (χ1v) is 5.60. The lowest BCUT2D eigenvalue weighted by molar-refractivity contribution is 1.03. The van der Waals surface area contributed by atoms with Gasteiger partial charge in [-0.3, -0.25) is 0 Å². The van der Waals surface area contributed by atoms with Crippen molar-refractivity contribution in [1.29, 1.82) is 0 Å². The highest BCUT2D eigenvalue weighted by molar-refractivity contribution is 9.11. The Morgan fingerprint density at radius 3 is 2.86 bits per heavy atom. The first-order chi connectivity index (χ1) is 6.65. The van der Waals surface area contributed by atoms with E-state index in [0.717, 1.165) is 20.1 Å². The molecule has 2 rings (SSSR count). The molecular formula is C9H7BrN2OS. The summed E-state index contributed by atoms with van der Waals surface area (Å²) in [7, 11) is 0. The summed E-state index contributed by atoms with van der Waals surface area (Å²) in [6.07, 6.45) is 0. The second-order valence-electron chi connectivity index (χ2n) is 2.86. The number of nitrogens with one attached hydrogen (secondary N) is 1. The summed E-state index contributed by atoms with van der Waals surface area (Å²) in [4.78, 5) is 18.6. The van der Waals surface area contributed by atoms with Gasteiger partial charge < -0.3 is 4.98 Å². The number of aryl methyl sites for hydroxylation is 1. The van der Waals surface area contributed by atoms with Crippen molar-refractivity contribution in [3.8, 4) is 10.6 Å². The lowest BCUT2D eigenvalue weighted by Crippen LogP contribution is -2.11. The number of rotatable bonds is 1. The molecule has 0 amide bonds. The van der Waals surface area contributed by atoms with E-state index in [1.807, 2.05) is 25.1 Å². The Balaban J connectivity index is 2.56. The molecule has 0 bridgehead atoms. The fourth-order valence-electron chi connectivity index (χ4n) is 1.16. The molecule has 0 atom stereocenters. The van der Waals surface area contributed by atoms with Crippen LogP contribution in [0.4, 0.5) is 0 Å². The highest BCUT2D eigenvalue weighted by Gasteiger charge is 2.04. The van der Waals surface area contributed by atoms with E-state index in [2.05, 4.69) is 25.9 Å². The standard InChI is InChI=1S/C9H7BrN2OS/c1-5-4-6(12-9(13)11-5)7-2-3-8(10)14-7/h2-4H,1H3,(H,11,12,13). The molecule has 0 fully saturated rings. The first-order valence-electron chi connectivity index (χ1n) is 3.99. The van der Waals surface area contributed by atoms with Crippen LogP contribution in [-0.4, -0.2) is 9.97 Å².